The number of β-lactam (4-membered cyclic amide) rings is 1. The number of hydrogen-bond donors (Lipinski definition) is 1. The minimum Gasteiger partial charge on any atom is -0.437 e. The number of hydrogen-bond acceptors (Lipinski definition) is 4. The fourth-order valence-electron chi connectivity index (χ4n) is 2.41. The second-order valence-corrected chi connectivity index (χ2v) is 12.7. The molecule has 2 rings (SSSR count). The Hall–Kier alpha value is -1.73. The van der Waals surface area contributed by atoms with E-state index in [0.29, 0.717) is 0 Å². The number of carbonyl (C=O) groups is 2. The molecule has 0 spiro atoms. The Morgan fingerprint density at radius 1 is 1.24 bits per heavy atom. The van der Waals surface area contributed by atoms with Crippen LogP contribution in [-0.4, -0.2) is 32.5 Å². The normalized spacial score (nSPS) is 22.0. The summed E-state index contributed by atoms with van der Waals surface area (Å²) in [7, 11) is -2.04. The van der Waals surface area contributed by atoms with Crippen LogP contribution in [0, 0.1) is 11.7 Å². The second-order valence-electron chi connectivity index (χ2n) is 7.95. The Bertz CT molecular complexity index is 654. The van der Waals surface area contributed by atoms with Crippen molar-refractivity contribution in [1.82, 2.24) is 5.32 Å². The van der Waals surface area contributed by atoms with Gasteiger partial charge < -0.3 is 14.5 Å². The smallest absolute Gasteiger partial charge is 0.340 e. The zero-order chi connectivity index (χ0) is 19.0. The highest BCUT2D eigenvalue weighted by atomic mass is 28.4. The summed E-state index contributed by atoms with van der Waals surface area (Å²) >= 11 is 0. The van der Waals surface area contributed by atoms with E-state index in [9.17, 15) is 14.0 Å². The van der Waals surface area contributed by atoms with Crippen molar-refractivity contribution in [3.63, 3.8) is 0 Å². The number of halogens is 1. The molecule has 1 aliphatic heterocycles. The van der Waals surface area contributed by atoms with Crippen LogP contribution in [0.15, 0.2) is 24.3 Å². The Morgan fingerprint density at radius 3 is 2.28 bits per heavy atom. The molecular weight excluding hydrogens is 341 g/mol. The van der Waals surface area contributed by atoms with Gasteiger partial charge in [-0.2, -0.15) is 0 Å². The summed E-state index contributed by atoms with van der Waals surface area (Å²) in [5, 5.41) is 2.61. The summed E-state index contributed by atoms with van der Waals surface area (Å²) in [5.41, 5.74) is 0.235. The van der Waals surface area contributed by atoms with E-state index in [1.165, 1.54) is 24.3 Å². The third-order valence-electron chi connectivity index (χ3n) is 5.02. The van der Waals surface area contributed by atoms with Crippen LogP contribution in [-0.2, 0) is 14.0 Å². The molecule has 0 saturated carbocycles. The first-order valence-electron chi connectivity index (χ1n) is 8.37. The summed E-state index contributed by atoms with van der Waals surface area (Å²) < 4.78 is 24.5. The van der Waals surface area contributed by atoms with Gasteiger partial charge in [-0.05, 0) is 49.3 Å². The van der Waals surface area contributed by atoms with Crippen LogP contribution in [0.2, 0.25) is 18.1 Å². The number of rotatable bonds is 5. The highest BCUT2D eigenvalue weighted by molar-refractivity contribution is 6.74. The maximum absolute atomic E-state index is 12.9. The minimum absolute atomic E-state index is 0.0156. The standard InChI is InChI=1S/C18H26FNO4Si/c1-11(24-25(5,6)18(2,3)4)14-15(21)20-16(14)23-17(22)12-7-9-13(19)10-8-12/h7-11,14,16H,1-6H3,(H,20,21)/t11-,14-,16-/m1/s1. The molecule has 1 aromatic carbocycles. The van der Waals surface area contributed by atoms with Crippen LogP contribution < -0.4 is 5.32 Å². The fourth-order valence-corrected chi connectivity index (χ4v) is 3.84. The summed E-state index contributed by atoms with van der Waals surface area (Å²) in [6, 6.07) is 5.08. The maximum Gasteiger partial charge on any atom is 0.340 e. The van der Waals surface area contributed by atoms with Crippen molar-refractivity contribution in [2.75, 3.05) is 0 Å². The van der Waals surface area contributed by atoms with Gasteiger partial charge in [0.15, 0.2) is 14.5 Å². The number of carbonyl (C=O) groups excluding carboxylic acids is 2. The topological polar surface area (TPSA) is 64.6 Å². The lowest BCUT2D eigenvalue weighted by molar-refractivity contribution is -0.154. The van der Waals surface area contributed by atoms with E-state index < -0.39 is 32.2 Å². The molecule has 1 aliphatic rings. The number of ether oxygens (including phenoxy) is 1. The molecule has 7 heteroatoms. The van der Waals surface area contributed by atoms with Gasteiger partial charge in [-0.25, -0.2) is 9.18 Å². The predicted octanol–water partition coefficient (Wildman–Crippen LogP) is 3.46. The molecule has 0 unspecified atom stereocenters. The fraction of sp³-hybridized carbons (Fsp3) is 0.556. The predicted molar refractivity (Wildman–Crippen MR) is 95.0 cm³/mol. The van der Waals surface area contributed by atoms with Crippen molar-refractivity contribution < 1.29 is 23.1 Å². The van der Waals surface area contributed by atoms with Crippen molar-refractivity contribution in [1.29, 1.82) is 0 Å². The second kappa shape index (κ2) is 6.88. The van der Waals surface area contributed by atoms with Crippen molar-refractivity contribution in [3.05, 3.63) is 35.6 Å². The molecule has 1 N–H and O–H groups in total. The number of benzene rings is 1. The van der Waals surface area contributed by atoms with Gasteiger partial charge in [-0.1, -0.05) is 20.8 Å². The molecule has 25 heavy (non-hydrogen) atoms. The van der Waals surface area contributed by atoms with Crippen LogP contribution in [0.1, 0.15) is 38.1 Å². The highest BCUT2D eigenvalue weighted by Gasteiger charge is 2.49. The van der Waals surface area contributed by atoms with Crippen LogP contribution >= 0.6 is 0 Å². The third-order valence-corrected chi connectivity index (χ3v) is 9.59. The first-order chi connectivity index (χ1) is 11.4. The van der Waals surface area contributed by atoms with E-state index >= 15 is 0 Å². The molecule has 1 fully saturated rings. The number of amides is 1. The molecular formula is C18H26FNO4Si. The van der Waals surface area contributed by atoms with Crippen LogP contribution in [0.3, 0.4) is 0 Å². The van der Waals surface area contributed by atoms with Crippen LogP contribution in [0.25, 0.3) is 0 Å². The average molecular weight is 367 g/mol. The third kappa shape index (κ3) is 4.27. The Morgan fingerprint density at radius 2 is 1.80 bits per heavy atom. The van der Waals surface area contributed by atoms with Crippen molar-refractivity contribution >= 4 is 20.2 Å². The molecule has 0 aliphatic carbocycles. The lowest BCUT2D eigenvalue weighted by Crippen LogP contribution is -2.65. The number of esters is 1. The lowest BCUT2D eigenvalue weighted by atomic mass is 9.93. The van der Waals surface area contributed by atoms with Gasteiger partial charge in [0.05, 0.1) is 11.7 Å². The quantitative estimate of drug-likeness (QED) is 0.492. The highest BCUT2D eigenvalue weighted by Crippen LogP contribution is 2.39. The minimum atomic E-state index is -2.04. The van der Waals surface area contributed by atoms with Gasteiger partial charge in [0.1, 0.15) is 11.7 Å². The Balaban J connectivity index is 2.02. The SMILES string of the molecule is C[C@@H](O[Si](C)(C)C(C)(C)C)[C@@H]1C(=O)N[C@@H]1OC(=O)c1ccc(F)cc1. The summed E-state index contributed by atoms with van der Waals surface area (Å²) in [6.07, 6.45) is -1.09. The van der Waals surface area contributed by atoms with E-state index in [1.807, 2.05) is 6.92 Å². The molecule has 1 amide bonds. The summed E-state index contributed by atoms with van der Waals surface area (Å²) in [5.74, 6) is -1.76. The molecule has 1 heterocycles. The molecule has 1 saturated heterocycles. The van der Waals surface area contributed by atoms with Crippen molar-refractivity contribution in [3.8, 4) is 0 Å². The number of nitrogens with one attached hydrogen (secondary N) is 1. The summed E-state index contributed by atoms with van der Waals surface area (Å²) in [6.45, 7) is 12.4. The van der Waals surface area contributed by atoms with E-state index in [-0.39, 0.29) is 22.6 Å². The maximum atomic E-state index is 12.9. The van der Waals surface area contributed by atoms with E-state index in [2.05, 4.69) is 39.2 Å². The van der Waals surface area contributed by atoms with Crippen molar-refractivity contribution in [2.24, 2.45) is 5.92 Å². The van der Waals surface area contributed by atoms with E-state index in [0.717, 1.165) is 0 Å². The first-order valence-corrected chi connectivity index (χ1v) is 11.3. The van der Waals surface area contributed by atoms with Gasteiger partial charge in [0.2, 0.25) is 5.91 Å². The van der Waals surface area contributed by atoms with Gasteiger partial charge in [-0.15, -0.1) is 0 Å². The van der Waals surface area contributed by atoms with E-state index in [1.54, 1.807) is 0 Å². The summed E-state index contributed by atoms with van der Waals surface area (Å²) in [4.78, 5) is 24.1. The van der Waals surface area contributed by atoms with E-state index in [4.69, 9.17) is 9.16 Å². The molecule has 1 aromatic rings. The largest absolute Gasteiger partial charge is 0.437 e. The van der Waals surface area contributed by atoms with Gasteiger partial charge in [-0.3, -0.25) is 4.79 Å². The monoisotopic (exact) mass is 367 g/mol. The van der Waals surface area contributed by atoms with Crippen LogP contribution in [0.5, 0.6) is 0 Å². The first kappa shape index (κ1) is 19.6. The average Bonchev–Trinajstić information content (AvgIpc) is 2.45. The molecule has 0 aromatic heterocycles. The molecule has 5 nitrogen and oxygen atoms in total. The zero-order valence-electron chi connectivity index (χ0n) is 15.6. The molecule has 3 atom stereocenters. The molecule has 0 bridgehead atoms. The Kier molecular flexibility index (Phi) is 5.39. The zero-order valence-corrected chi connectivity index (χ0v) is 16.6. The molecule has 138 valence electrons. The van der Waals surface area contributed by atoms with Gasteiger partial charge in [0, 0.05) is 0 Å². The molecule has 0 radical (unpaired) electrons. The lowest BCUT2D eigenvalue weighted by Gasteiger charge is -2.44. The Labute approximate surface area is 149 Å². The van der Waals surface area contributed by atoms with Gasteiger partial charge >= 0.3 is 5.97 Å². The van der Waals surface area contributed by atoms with Gasteiger partial charge in [0.25, 0.3) is 0 Å². The van der Waals surface area contributed by atoms with Crippen molar-refractivity contribution in [2.45, 2.75) is 58.2 Å². The van der Waals surface area contributed by atoms with Crippen LogP contribution in [0.4, 0.5) is 4.39 Å².